The van der Waals surface area contributed by atoms with Crippen molar-refractivity contribution in [2.45, 2.75) is 59.5 Å². The lowest BCUT2D eigenvalue weighted by atomic mass is 10.1. The zero-order valence-electron chi connectivity index (χ0n) is 14.4. The highest BCUT2D eigenvalue weighted by molar-refractivity contribution is 7.87. The van der Waals surface area contributed by atoms with Crippen LogP contribution in [0.4, 0.5) is 0 Å². The van der Waals surface area contributed by atoms with Gasteiger partial charge in [0.05, 0.1) is 5.75 Å². The Morgan fingerprint density at radius 1 is 1.17 bits per heavy atom. The molecule has 23 heavy (non-hydrogen) atoms. The van der Waals surface area contributed by atoms with E-state index in [2.05, 4.69) is 6.92 Å². The molecular weight excluding hydrogens is 314 g/mol. The molecule has 0 aliphatic carbocycles. The van der Waals surface area contributed by atoms with Crippen LogP contribution in [0.1, 0.15) is 52.5 Å². The fourth-order valence-corrected chi connectivity index (χ4v) is 2.64. The molecule has 6 heteroatoms. The van der Waals surface area contributed by atoms with Gasteiger partial charge in [0.2, 0.25) is 5.91 Å². The van der Waals surface area contributed by atoms with E-state index in [1.807, 2.05) is 18.7 Å². The summed E-state index contributed by atoms with van der Waals surface area (Å²) in [7, 11) is -3.51. The van der Waals surface area contributed by atoms with E-state index in [1.165, 1.54) is 6.92 Å². The third kappa shape index (κ3) is 6.22. The van der Waals surface area contributed by atoms with Crippen LogP contribution < -0.4 is 4.18 Å². The summed E-state index contributed by atoms with van der Waals surface area (Å²) in [6.45, 7) is 8.15. The molecule has 1 aromatic rings. The van der Waals surface area contributed by atoms with Crippen molar-refractivity contribution in [2.24, 2.45) is 0 Å². The van der Waals surface area contributed by atoms with Gasteiger partial charge in [-0.3, -0.25) is 4.79 Å². The van der Waals surface area contributed by atoms with Crippen molar-refractivity contribution in [3.8, 4) is 5.75 Å². The monoisotopic (exact) mass is 341 g/mol. The maximum Gasteiger partial charge on any atom is 0.308 e. The summed E-state index contributed by atoms with van der Waals surface area (Å²) in [5.74, 6) is 0.378. The first-order valence-electron chi connectivity index (χ1n) is 8.13. The number of rotatable bonds is 9. The lowest BCUT2D eigenvalue weighted by molar-refractivity contribution is -0.134. The van der Waals surface area contributed by atoms with Crippen molar-refractivity contribution in [3.63, 3.8) is 0 Å². The summed E-state index contributed by atoms with van der Waals surface area (Å²) in [6, 6.07) is 7.03. The number of nitrogens with zero attached hydrogens (tertiary/aromatic N) is 1. The molecular formula is C17H27NO4S. The van der Waals surface area contributed by atoms with Crippen LogP contribution in [0.5, 0.6) is 5.75 Å². The van der Waals surface area contributed by atoms with Gasteiger partial charge in [-0.2, -0.15) is 8.42 Å². The number of carbonyl (C=O) groups is 1. The van der Waals surface area contributed by atoms with Gasteiger partial charge in [-0.15, -0.1) is 0 Å². The molecule has 0 radical (unpaired) electrons. The molecule has 0 aliphatic rings. The van der Waals surface area contributed by atoms with Crippen LogP contribution in [-0.4, -0.2) is 31.0 Å². The van der Waals surface area contributed by atoms with Gasteiger partial charge in [-0.05, 0) is 44.4 Å². The maximum absolute atomic E-state index is 12.3. The van der Waals surface area contributed by atoms with Gasteiger partial charge >= 0.3 is 10.1 Å². The summed E-state index contributed by atoms with van der Waals surface area (Å²) in [5.41, 5.74) is 0.955. The predicted octanol–water partition coefficient (Wildman–Crippen LogP) is 3.34. The second kappa shape index (κ2) is 8.91. The third-order valence-electron chi connectivity index (χ3n) is 3.76. The molecule has 0 spiro atoms. The number of hydrogen-bond donors (Lipinski definition) is 0. The number of hydrogen-bond acceptors (Lipinski definition) is 4. The van der Waals surface area contributed by atoms with Crippen molar-refractivity contribution in [3.05, 3.63) is 29.8 Å². The van der Waals surface area contributed by atoms with Gasteiger partial charge in [0.15, 0.2) is 0 Å². The zero-order chi connectivity index (χ0) is 17.5. The van der Waals surface area contributed by atoms with Crippen LogP contribution in [0.3, 0.4) is 0 Å². The molecule has 1 atom stereocenters. The standard InChI is InChI=1S/C17H27NO4S/c1-5-8-17(19)18(14(4)6-2)13-15-9-11-16(12-10-15)22-23(20,21)7-3/h9-12,14H,5-8,13H2,1-4H3/t14-/m0/s1. The first-order chi connectivity index (χ1) is 10.8. The van der Waals surface area contributed by atoms with Gasteiger partial charge in [-0.25, -0.2) is 0 Å². The van der Waals surface area contributed by atoms with E-state index in [9.17, 15) is 13.2 Å². The van der Waals surface area contributed by atoms with Crippen molar-refractivity contribution < 1.29 is 17.4 Å². The molecule has 1 aromatic carbocycles. The molecule has 0 saturated heterocycles. The largest absolute Gasteiger partial charge is 0.382 e. The fourth-order valence-electron chi connectivity index (χ4n) is 2.12. The molecule has 0 bridgehead atoms. The summed E-state index contributed by atoms with van der Waals surface area (Å²) < 4.78 is 27.8. The number of benzene rings is 1. The van der Waals surface area contributed by atoms with Gasteiger partial charge < -0.3 is 9.08 Å². The highest BCUT2D eigenvalue weighted by atomic mass is 32.2. The van der Waals surface area contributed by atoms with Crippen LogP contribution in [0.2, 0.25) is 0 Å². The van der Waals surface area contributed by atoms with Crippen LogP contribution in [-0.2, 0) is 21.5 Å². The Hall–Kier alpha value is -1.56. The van der Waals surface area contributed by atoms with E-state index in [0.29, 0.717) is 18.7 Å². The zero-order valence-corrected chi connectivity index (χ0v) is 15.2. The average Bonchev–Trinajstić information content (AvgIpc) is 2.53. The maximum atomic E-state index is 12.3. The molecule has 130 valence electrons. The highest BCUT2D eigenvalue weighted by Crippen LogP contribution is 2.18. The second-order valence-electron chi connectivity index (χ2n) is 5.60. The molecule has 5 nitrogen and oxygen atoms in total. The molecule has 0 heterocycles. The van der Waals surface area contributed by atoms with Gasteiger partial charge in [0, 0.05) is 19.0 Å². The molecule has 0 aromatic heterocycles. The average molecular weight is 341 g/mol. The quantitative estimate of drug-likeness (QED) is 0.646. The molecule has 0 N–H and O–H groups in total. The smallest absolute Gasteiger partial charge is 0.308 e. The van der Waals surface area contributed by atoms with Crippen LogP contribution in [0, 0.1) is 0 Å². The molecule has 1 amide bonds. The topological polar surface area (TPSA) is 63.7 Å². The summed E-state index contributed by atoms with van der Waals surface area (Å²) in [6.07, 6.45) is 2.26. The molecule has 1 rings (SSSR count). The summed E-state index contributed by atoms with van der Waals surface area (Å²) in [5, 5.41) is 0. The minimum absolute atomic E-state index is 0.0674. The third-order valence-corrected chi connectivity index (χ3v) is 4.91. The van der Waals surface area contributed by atoms with Gasteiger partial charge in [0.1, 0.15) is 5.75 Å². The second-order valence-corrected chi connectivity index (χ2v) is 7.46. The lowest BCUT2D eigenvalue weighted by Gasteiger charge is -2.29. The van der Waals surface area contributed by atoms with Crippen molar-refractivity contribution in [2.75, 3.05) is 5.75 Å². The van der Waals surface area contributed by atoms with E-state index >= 15 is 0 Å². The Balaban J connectivity index is 2.83. The Morgan fingerprint density at radius 3 is 2.26 bits per heavy atom. The minimum Gasteiger partial charge on any atom is -0.382 e. The van der Waals surface area contributed by atoms with Crippen molar-refractivity contribution in [1.29, 1.82) is 0 Å². The molecule has 0 aliphatic heterocycles. The Morgan fingerprint density at radius 2 is 1.78 bits per heavy atom. The molecule has 0 unspecified atom stereocenters. The summed E-state index contributed by atoms with van der Waals surface area (Å²) >= 11 is 0. The number of amides is 1. The Labute approximate surface area is 139 Å². The van der Waals surface area contributed by atoms with E-state index in [1.54, 1.807) is 24.3 Å². The van der Waals surface area contributed by atoms with Crippen molar-refractivity contribution >= 4 is 16.0 Å². The van der Waals surface area contributed by atoms with E-state index in [4.69, 9.17) is 4.18 Å². The van der Waals surface area contributed by atoms with Crippen LogP contribution in [0.25, 0.3) is 0 Å². The SMILES string of the molecule is CCCC(=O)N(Cc1ccc(OS(=O)(=O)CC)cc1)[C@@H](C)CC. The van der Waals surface area contributed by atoms with E-state index in [-0.39, 0.29) is 17.7 Å². The molecule has 0 saturated carbocycles. The van der Waals surface area contributed by atoms with E-state index in [0.717, 1.165) is 18.4 Å². The van der Waals surface area contributed by atoms with Gasteiger partial charge in [0.25, 0.3) is 0 Å². The molecule has 0 fully saturated rings. The number of carbonyl (C=O) groups excluding carboxylic acids is 1. The van der Waals surface area contributed by atoms with Crippen molar-refractivity contribution in [1.82, 2.24) is 4.90 Å². The highest BCUT2D eigenvalue weighted by Gasteiger charge is 2.18. The first kappa shape index (κ1) is 19.5. The van der Waals surface area contributed by atoms with E-state index < -0.39 is 10.1 Å². The van der Waals surface area contributed by atoms with Gasteiger partial charge in [-0.1, -0.05) is 26.0 Å². The van der Waals surface area contributed by atoms with Crippen LogP contribution in [0.15, 0.2) is 24.3 Å². The summed E-state index contributed by atoms with van der Waals surface area (Å²) in [4.78, 5) is 14.1. The Kier molecular flexibility index (Phi) is 7.55. The normalized spacial score (nSPS) is 12.7. The van der Waals surface area contributed by atoms with Crippen LogP contribution >= 0.6 is 0 Å². The minimum atomic E-state index is -3.51. The lowest BCUT2D eigenvalue weighted by Crippen LogP contribution is -2.37. The first-order valence-corrected chi connectivity index (χ1v) is 9.71. The predicted molar refractivity (Wildman–Crippen MR) is 91.7 cm³/mol. The fraction of sp³-hybridized carbons (Fsp3) is 0.588. The Bertz CT molecular complexity index is 596.